The number of phenols is 1. The molecule has 2 aromatic rings. The standard InChI is InChI=1S/C7H7NO2.C7H6O3.2Na/c8-7(10)5-3-1-2-4-6(5)9;8-6-4-2-1-3-5(6)7(9)10;;/h1-4,9H,(H2,8,10);1-4,8H,(H,9,10);;/q;;2*+1/p-1. The van der Waals surface area contributed by atoms with Gasteiger partial charge in [0.2, 0.25) is 0 Å². The maximum absolute atomic E-state index is 10.7. The predicted molar refractivity (Wildman–Crippen MR) is 69.5 cm³/mol. The van der Waals surface area contributed by atoms with Crippen LogP contribution in [0.1, 0.15) is 20.7 Å². The van der Waals surface area contributed by atoms with E-state index in [4.69, 9.17) is 15.9 Å². The normalized spacial score (nSPS) is 8.36. The van der Waals surface area contributed by atoms with Crippen molar-refractivity contribution in [1.82, 2.24) is 0 Å². The first-order valence-corrected chi connectivity index (χ1v) is 5.50. The molecule has 8 heteroatoms. The summed E-state index contributed by atoms with van der Waals surface area (Å²) in [4.78, 5) is 20.7. The van der Waals surface area contributed by atoms with E-state index in [0.29, 0.717) is 0 Å². The molecule has 0 unspecified atom stereocenters. The van der Waals surface area contributed by atoms with Gasteiger partial charge in [0.15, 0.2) is 0 Å². The second-order valence-corrected chi connectivity index (χ2v) is 3.68. The van der Waals surface area contributed by atoms with Crippen LogP contribution < -0.4 is 70.0 Å². The molecule has 22 heavy (non-hydrogen) atoms. The summed E-state index contributed by atoms with van der Waals surface area (Å²) in [5, 5.41) is 28.0. The van der Waals surface area contributed by atoms with Crippen LogP contribution in [-0.4, -0.2) is 22.1 Å². The van der Waals surface area contributed by atoms with Crippen LogP contribution >= 0.6 is 0 Å². The summed E-state index contributed by atoms with van der Waals surface area (Å²) in [6, 6.07) is 11.7. The molecule has 0 saturated carbocycles. The molecule has 0 bridgehead atoms. The molecule has 0 aliphatic heterocycles. The quantitative estimate of drug-likeness (QED) is 0.478. The van der Waals surface area contributed by atoms with Gasteiger partial charge in [0.05, 0.1) is 11.1 Å². The maximum atomic E-state index is 10.7. The number of primary amides is 1. The first-order chi connectivity index (χ1) is 9.43. The fourth-order valence-corrected chi connectivity index (χ4v) is 1.33. The number of carboxylic acid groups (broad SMARTS) is 1. The van der Waals surface area contributed by atoms with Crippen molar-refractivity contribution < 1.29 is 84.0 Å². The summed E-state index contributed by atoms with van der Waals surface area (Å²) in [7, 11) is 0. The Kier molecular flexibility index (Phi) is 12.2. The molecular weight excluding hydrogens is 308 g/mol. The van der Waals surface area contributed by atoms with Crippen molar-refractivity contribution >= 4 is 11.9 Å². The second kappa shape index (κ2) is 11.5. The average Bonchev–Trinajstić information content (AvgIpc) is 2.40. The van der Waals surface area contributed by atoms with E-state index in [9.17, 15) is 14.7 Å². The van der Waals surface area contributed by atoms with Gasteiger partial charge in [-0.2, -0.15) is 0 Å². The van der Waals surface area contributed by atoms with Gasteiger partial charge in [0.25, 0.3) is 5.91 Å². The first kappa shape index (κ1) is 23.2. The number of hydrogen-bond acceptors (Lipinski definition) is 4. The van der Waals surface area contributed by atoms with Crippen LogP contribution in [0.15, 0.2) is 48.5 Å². The number of para-hydroxylation sites is 2. The fourth-order valence-electron chi connectivity index (χ4n) is 1.33. The van der Waals surface area contributed by atoms with Crippen molar-refractivity contribution in [2.75, 3.05) is 0 Å². The number of carbonyl (C=O) groups is 2. The Morgan fingerprint density at radius 3 is 1.68 bits per heavy atom. The number of aromatic carboxylic acids is 1. The molecule has 0 aliphatic carbocycles. The third-order valence-corrected chi connectivity index (χ3v) is 2.29. The van der Waals surface area contributed by atoms with Gasteiger partial charge in [-0.1, -0.05) is 36.1 Å². The van der Waals surface area contributed by atoms with Crippen molar-refractivity contribution in [2.45, 2.75) is 0 Å². The van der Waals surface area contributed by atoms with Crippen molar-refractivity contribution in [1.29, 1.82) is 0 Å². The van der Waals surface area contributed by atoms with E-state index in [1.54, 1.807) is 12.1 Å². The number of amides is 1. The molecule has 0 saturated heterocycles. The Morgan fingerprint density at radius 2 is 1.36 bits per heavy atom. The number of benzene rings is 2. The molecule has 0 fully saturated rings. The van der Waals surface area contributed by atoms with Gasteiger partial charge in [0.1, 0.15) is 5.75 Å². The zero-order valence-corrected chi connectivity index (χ0v) is 16.3. The zero-order chi connectivity index (χ0) is 15.1. The molecule has 0 atom stereocenters. The van der Waals surface area contributed by atoms with E-state index in [2.05, 4.69) is 0 Å². The van der Waals surface area contributed by atoms with Crippen LogP contribution in [0.25, 0.3) is 0 Å². The van der Waals surface area contributed by atoms with Gasteiger partial charge in [0, 0.05) is 0 Å². The molecule has 0 heterocycles. The van der Waals surface area contributed by atoms with Crippen LogP contribution in [0.2, 0.25) is 0 Å². The Labute approximate surface area is 171 Å². The minimum Gasteiger partial charge on any atom is -0.872 e. The number of nitrogens with two attached hydrogens (primary N) is 1. The van der Waals surface area contributed by atoms with E-state index in [1.807, 2.05) is 0 Å². The number of hydrogen-bond donors (Lipinski definition) is 3. The van der Waals surface area contributed by atoms with Crippen molar-refractivity contribution in [2.24, 2.45) is 5.73 Å². The summed E-state index contributed by atoms with van der Waals surface area (Å²) >= 11 is 0. The summed E-state index contributed by atoms with van der Waals surface area (Å²) < 4.78 is 0. The SMILES string of the molecule is NC(=O)c1ccccc1O.O=C(O)c1ccccc1[O-].[Na+].[Na+]. The molecule has 1 amide bonds. The van der Waals surface area contributed by atoms with Crippen LogP contribution in [-0.2, 0) is 0 Å². The Hall–Kier alpha value is -1.02. The van der Waals surface area contributed by atoms with E-state index in [-0.39, 0.29) is 76.0 Å². The van der Waals surface area contributed by atoms with E-state index in [0.717, 1.165) is 0 Å². The third-order valence-electron chi connectivity index (χ3n) is 2.29. The van der Waals surface area contributed by atoms with Crippen LogP contribution in [0.4, 0.5) is 0 Å². The minimum atomic E-state index is -1.18. The molecule has 2 aromatic carbocycles. The van der Waals surface area contributed by atoms with Crippen molar-refractivity contribution in [3.05, 3.63) is 59.7 Å². The molecule has 104 valence electrons. The maximum Gasteiger partial charge on any atom is 1.00 e. The molecule has 0 spiro atoms. The van der Waals surface area contributed by atoms with E-state index in [1.165, 1.54) is 36.4 Å². The largest absolute Gasteiger partial charge is 1.00 e. The summed E-state index contributed by atoms with van der Waals surface area (Å²) in [5.41, 5.74) is 4.89. The van der Waals surface area contributed by atoms with Gasteiger partial charge >= 0.3 is 65.1 Å². The van der Waals surface area contributed by atoms with Crippen LogP contribution in [0.5, 0.6) is 11.5 Å². The van der Waals surface area contributed by atoms with E-state index < -0.39 is 17.6 Å². The molecule has 0 aromatic heterocycles. The van der Waals surface area contributed by atoms with Crippen LogP contribution in [0.3, 0.4) is 0 Å². The Balaban J connectivity index is 0. The summed E-state index contributed by atoms with van der Waals surface area (Å²) in [5.74, 6) is -2.31. The van der Waals surface area contributed by atoms with Gasteiger partial charge in [-0.25, -0.2) is 4.79 Å². The zero-order valence-electron chi connectivity index (χ0n) is 12.3. The van der Waals surface area contributed by atoms with Crippen LogP contribution in [0, 0.1) is 0 Å². The number of carbonyl (C=O) groups excluding carboxylic acids is 1. The number of carboxylic acids is 1. The predicted octanol–water partition coefficient (Wildman–Crippen LogP) is -5.04. The number of rotatable bonds is 2. The molecule has 6 nitrogen and oxygen atoms in total. The number of aromatic hydroxyl groups is 1. The van der Waals surface area contributed by atoms with Crippen molar-refractivity contribution in [3.63, 3.8) is 0 Å². The summed E-state index contributed by atoms with van der Waals surface area (Å²) in [6.45, 7) is 0. The molecule has 2 rings (SSSR count). The summed E-state index contributed by atoms with van der Waals surface area (Å²) in [6.07, 6.45) is 0. The van der Waals surface area contributed by atoms with E-state index >= 15 is 0 Å². The van der Waals surface area contributed by atoms with Gasteiger partial charge in [-0.15, -0.1) is 0 Å². The minimum absolute atomic E-state index is 0. The smallest absolute Gasteiger partial charge is 0.872 e. The Bertz CT molecular complexity index is 579. The Morgan fingerprint density at radius 1 is 0.909 bits per heavy atom. The van der Waals surface area contributed by atoms with Crippen molar-refractivity contribution in [3.8, 4) is 11.5 Å². The second-order valence-electron chi connectivity index (χ2n) is 3.68. The average molecular weight is 320 g/mol. The van der Waals surface area contributed by atoms with Gasteiger partial charge in [-0.3, -0.25) is 4.79 Å². The molecule has 0 radical (unpaired) electrons. The topological polar surface area (TPSA) is 124 Å². The fraction of sp³-hybridized carbons (Fsp3) is 0. The third kappa shape index (κ3) is 7.31. The molecule has 0 aliphatic rings. The first-order valence-electron chi connectivity index (χ1n) is 5.50. The van der Waals surface area contributed by atoms with Gasteiger partial charge < -0.3 is 21.1 Å². The van der Waals surface area contributed by atoms with Gasteiger partial charge in [-0.05, 0) is 18.2 Å². The molecular formula is C14H12NNa2O5+. The monoisotopic (exact) mass is 320 g/mol. The molecule has 4 N–H and O–H groups in total.